The van der Waals surface area contributed by atoms with Crippen LogP contribution in [-0.2, 0) is 11.8 Å². The maximum absolute atomic E-state index is 12.0. The predicted octanol–water partition coefficient (Wildman–Crippen LogP) is 2.75. The van der Waals surface area contributed by atoms with Gasteiger partial charge in [0.2, 0.25) is 5.91 Å². The van der Waals surface area contributed by atoms with Gasteiger partial charge in [0.05, 0.1) is 0 Å². The largest absolute Gasteiger partial charge is 0.350 e. The second kappa shape index (κ2) is 4.35. The van der Waals surface area contributed by atoms with Gasteiger partial charge in [-0.1, -0.05) is 0 Å². The number of benzene rings is 1. The maximum atomic E-state index is 12.0. The van der Waals surface area contributed by atoms with Crippen molar-refractivity contribution < 1.29 is 11.0 Å². The van der Waals surface area contributed by atoms with E-state index in [2.05, 4.69) is 35.3 Å². The summed E-state index contributed by atoms with van der Waals surface area (Å²) in [6, 6.07) is 5.77. The summed E-state index contributed by atoms with van der Waals surface area (Å²) in [5, 5.41) is 3.60. The third-order valence-corrected chi connectivity index (χ3v) is 4.39. The predicted molar refractivity (Wildman–Crippen MR) is 82.5 cm³/mol. The van der Waals surface area contributed by atoms with Gasteiger partial charge < -0.3 is 4.57 Å². The molecule has 1 N–H and O–H groups in total. The minimum absolute atomic E-state index is 0. The lowest BCUT2D eigenvalue weighted by atomic mass is 10.1. The molecule has 2 heterocycles. The highest BCUT2D eigenvalue weighted by Gasteiger charge is 2.28. The van der Waals surface area contributed by atoms with Gasteiger partial charge in [-0.2, -0.15) is 0 Å². The van der Waals surface area contributed by atoms with Crippen molar-refractivity contribution in [2.75, 3.05) is 11.4 Å². The van der Waals surface area contributed by atoms with Crippen LogP contribution in [0.5, 0.6) is 0 Å². The summed E-state index contributed by atoms with van der Waals surface area (Å²) in [6.45, 7) is 0.446. The number of aromatic nitrogens is 1. The Labute approximate surface area is 124 Å². The zero-order valence-corrected chi connectivity index (χ0v) is 11.9. The minimum atomic E-state index is -0.325. The first kappa shape index (κ1) is 12.4. The van der Waals surface area contributed by atoms with Gasteiger partial charge in [-0.3, -0.25) is 15.0 Å². The van der Waals surface area contributed by atoms with E-state index in [4.69, 9.17) is 0 Å². The minimum Gasteiger partial charge on any atom is -0.350 e. The fourth-order valence-electron chi connectivity index (χ4n) is 3.11. The summed E-state index contributed by atoms with van der Waals surface area (Å²) in [5.74, 6) is 0.469. The average Bonchev–Trinajstić information content (AvgIpc) is 3.24. The number of fused-ring (bicyclic) bond motifs is 1. The molecule has 0 radical (unpaired) electrons. The molecule has 4 rings (SSSR count). The topological polar surface area (TPSA) is 54.3 Å². The van der Waals surface area contributed by atoms with Gasteiger partial charge in [-0.15, -0.1) is 0 Å². The lowest BCUT2D eigenvalue weighted by Crippen LogP contribution is -2.49. The van der Waals surface area contributed by atoms with Crippen LogP contribution >= 0.6 is 0 Å². The Morgan fingerprint density at radius 1 is 1.29 bits per heavy atom. The lowest BCUT2D eigenvalue weighted by Gasteiger charge is -2.26. The van der Waals surface area contributed by atoms with E-state index in [-0.39, 0.29) is 13.4 Å². The molecule has 1 aromatic carbocycles. The molecule has 0 bridgehead atoms. The summed E-state index contributed by atoms with van der Waals surface area (Å²) in [4.78, 5) is 24.9. The molecule has 1 aromatic heterocycles. The highest BCUT2D eigenvalue weighted by Crippen LogP contribution is 2.44. The van der Waals surface area contributed by atoms with Crippen LogP contribution in [0.4, 0.5) is 10.5 Å². The monoisotopic (exact) mass is 285 g/mol. The smallest absolute Gasteiger partial charge is 0.328 e. The van der Waals surface area contributed by atoms with Crippen LogP contribution < -0.4 is 10.2 Å². The Morgan fingerprint density at radius 3 is 2.81 bits per heavy atom. The van der Waals surface area contributed by atoms with Gasteiger partial charge in [0.1, 0.15) is 0 Å². The van der Waals surface area contributed by atoms with E-state index in [9.17, 15) is 9.59 Å². The molecule has 2 aliphatic rings. The molecule has 3 amide bonds. The molecule has 2 fully saturated rings. The van der Waals surface area contributed by atoms with Crippen molar-refractivity contribution >= 4 is 28.5 Å². The highest BCUT2D eigenvalue weighted by molar-refractivity contribution is 6.06. The second-order valence-corrected chi connectivity index (χ2v) is 5.93. The van der Waals surface area contributed by atoms with E-state index >= 15 is 0 Å². The number of amides is 3. The van der Waals surface area contributed by atoms with Crippen LogP contribution in [0.15, 0.2) is 24.4 Å². The first-order valence-corrected chi connectivity index (χ1v) is 7.34. The number of carbonyl (C=O) groups excluding carboxylic acids is 2. The summed E-state index contributed by atoms with van der Waals surface area (Å²) in [7, 11) is 2.06. The molecule has 1 aliphatic carbocycles. The van der Waals surface area contributed by atoms with Gasteiger partial charge in [0, 0.05) is 44.2 Å². The van der Waals surface area contributed by atoms with Crippen molar-refractivity contribution in [3.63, 3.8) is 0 Å². The normalized spacial score (nSPS) is 19.2. The first-order valence-electron chi connectivity index (χ1n) is 7.34. The number of carbonyl (C=O) groups is 2. The zero-order valence-electron chi connectivity index (χ0n) is 11.9. The van der Waals surface area contributed by atoms with E-state index in [1.165, 1.54) is 29.3 Å². The molecule has 110 valence electrons. The first-order chi connectivity index (χ1) is 10.1. The average molecular weight is 285 g/mol. The molecule has 0 atom stereocenters. The SMILES string of the molecule is Cn1cc(C2CC2)c2cc(N3CCC(=O)NC3=O)ccc21.[HH]. The third-order valence-electron chi connectivity index (χ3n) is 4.39. The number of rotatable bonds is 2. The Hall–Kier alpha value is -2.30. The third kappa shape index (κ3) is 2.00. The van der Waals surface area contributed by atoms with E-state index < -0.39 is 0 Å². The molecule has 21 heavy (non-hydrogen) atoms. The fourth-order valence-corrected chi connectivity index (χ4v) is 3.11. The van der Waals surface area contributed by atoms with Gasteiger partial charge in [-0.25, -0.2) is 4.79 Å². The summed E-state index contributed by atoms with van der Waals surface area (Å²) >= 11 is 0. The molecule has 0 unspecified atom stereocenters. The van der Waals surface area contributed by atoms with Crippen LogP contribution in [0.3, 0.4) is 0 Å². The second-order valence-electron chi connectivity index (χ2n) is 5.93. The summed E-state index contributed by atoms with van der Waals surface area (Å²) in [5.41, 5.74) is 3.43. The molecule has 5 heteroatoms. The van der Waals surface area contributed by atoms with Crippen LogP contribution in [0.25, 0.3) is 10.9 Å². The van der Waals surface area contributed by atoms with Crippen molar-refractivity contribution in [3.05, 3.63) is 30.0 Å². The van der Waals surface area contributed by atoms with E-state index in [1.807, 2.05) is 6.07 Å². The van der Waals surface area contributed by atoms with Gasteiger partial charge in [0.15, 0.2) is 0 Å². The van der Waals surface area contributed by atoms with E-state index in [0.717, 1.165) is 5.69 Å². The van der Waals surface area contributed by atoms with Gasteiger partial charge in [-0.05, 0) is 42.5 Å². The molecule has 1 saturated carbocycles. The molecular formula is C16H19N3O2. The molecule has 0 spiro atoms. The Kier molecular flexibility index (Phi) is 2.58. The number of hydrogen-bond acceptors (Lipinski definition) is 2. The fraction of sp³-hybridized carbons (Fsp3) is 0.375. The number of aryl methyl sites for hydroxylation is 1. The summed E-state index contributed by atoms with van der Waals surface area (Å²) in [6.07, 6.45) is 5.06. The number of nitrogens with one attached hydrogen (secondary N) is 1. The Bertz CT molecular complexity index is 764. The van der Waals surface area contributed by atoms with Gasteiger partial charge in [0.25, 0.3) is 0 Å². The molecule has 1 aliphatic heterocycles. The number of nitrogens with zero attached hydrogens (tertiary/aromatic N) is 2. The highest BCUT2D eigenvalue weighted by atomic mass is 16.2. The van der Waals surface area contributed by atoms with Crippen LogP contribution in [-0.4, -0.2) is 23.1 Å². The number of urea groups is 1. The van der Waals surface area contributed by atoms with Crippen LogP contribution in [0.2, 0.25) is 0 Å². The van der Waals surface area contributed by atoms with E-state index in [0.29, 0.717) is 18.9 Å². The standard InChI is InChI=1S/C16H17N3O2.H2/c1-18-9-13(10-2-3-10)12-8-11(4-5-14(12)18)19-7-6-15(20)17-16(19)21;/h4-5,8-10H,2-3,6-7H2,1H3,(H,17,20,21);1H. The lowest BCUT2D eigenvalue weighted by molar-refractivity contribution is -0.120. The number of hydrogen-bond donors (Lipinski definition) is 1. The Balaban J connectivity index is 0.00000144. The summed E-state index contributed by atoms with van der Waals surface area (Å²) < 4.78 is 2.15. The van der Waals surface area contributed by atoms with Crippen LogP contribution in [0, 0.1) is 0 Å². The quantitative estimate of drug-likeness (QED) is 0.922. The van der Waals surface area contributed by atoms with Crippen LogP contribution in [0.1, 0.15) is 32.2 Å². The number of anilines is 1. The van der Waals surface area contributed by atoms with Crippen molar-refractivity contribution in [2.24, 2.45) is 7.05 Å². The molecule has 5 nitrogen and oxygen atoms in total. The maximum Gasteiger partial charge on any atom is 0.328 e. The van der Waals surface area contributed by atoms with Crippen molar-refractivity contribution in [2.45, 2.75) is 25.2 Å². The zero-order chi connectivity index (χ0) is 14.6. The number of imide groups is 1. The molecule has 1 saturated heterocycles. The van der Waals surface area contributed by atoms with Crippen molar-refractivity contribution in [3.8, 4) is 0 Å². The molecular weight excluding hydrogens is 266 g/mol. The van der Waals surface area contributed by atoms with E-state index in [1.54, 1.807) is 4.90 Å². The van der Waals surface area contributed by atoms with Gasteiger partial charge >= 0.3 is 6.03 Å². The van der Waals surface area contributed by atoms with Crippen molar-refractivity contribution in [1.29, 1.82) is 0 Å². The van der Waals surface area contributed by atoms with Crippen molar-refractivity contribution in [1.82, 2.24) is 9.88 Å². The Morgan fingerprint density at radius 2 is 2.10 bits per heavy atom. The molecule has 2 aromatic rings.